The van der Waals surface area contributed by atoms with Gasteiger partial charge in [0.05, 0.1) is 5.56 Å². The van der Waals surface area contributed by atoms with Gasteiger partial charge in [0.15, 0.2) is 0 Å². The molecule has 0 aliphatic carbocycles. The molecular weight excluding hydrogens is 235 g/mol. The van der Waals surface area contributed by atoms with E-state index in [4.69, 9.17) is 5.11 Å². The summed E-state index contributed by atoms with van der Waals surface area (Å²) in [5.74, 6) is -1.97. The summed E-state index contributed by atoms with van der Waals surface area (Å²) in [6.45, 7) is 2.04. The fraction of sp³-hybridized carbons (Fsp3) is 0.385. The smallest absolute Gasteiger partial charge is 0.338 e. The molecule has 0 unspecified atom stereocenters. The molecule has 1 rings (SSSR count). The van der Waals surface area contributed by atoms with Gasteiger partial charge in [0, 0.05) is 19.2 Å². The molecule has 0 bridgehead atoms. The monoisotopic (exact) mass is 252 g/mol. The SMILES string of the molecule is CCC/C(Cc1ccc(F)c(C(=O)O)c1)=N\NC. The van der Waals surface area contributed by atoms with Crippen LogP contribution < -0.4 is 5.43 Å². The highest BCUT2D eigenvalue weighted by atomic mass is 19.1. The highest BCUT2D eigenvalue weighted by Crippen LogP contribution is 2.12. The number of carbonyl (C=O) groups is 1. The molecule has 0 aliphatic rings. The number of carboxylic acids is 1. The summed E-state index contributed by atoms with van der Waals surface area (Å²) in [4.78, 5) is 10.8. The number of aromatic carboxylic acids is 1. The van der Waals surface area contributed by atoms with Crippen LogP contribution in [0.25, 0.3) is 0 Å². The third kappa shape index (κ3) is 3.84. The maximum absolute atomic E-state index is 13.2. The lowest BCUT2D eigenvalue weighted by molar-refractivity contribution is 0.0692. The van der Waals surface area contributed by atoms with Crippen LogP contribution in [0.4, 0.5) is 4.39 Å². The Labute approximate surface area is 106 Å². The van der Waals surface area contributed by atoms with E-state index < -0.39 is 11.8 Å². The van der Waals surface area contributed by atoms with E-state index in [1.807, 2.05) is 6.92 Å². The molecular formula is C13H17FN2O2. The first-order chi connectivity index (χ1) is 8.58. The number of rotatable bonds is 6. The third-order valence-corrected chi connectivity index (χ3v) is 2.48. The predicted octanol–water partition coefficient (Wildman–Crippen LogP) is 2.44. The van der Waals surface area contributed by atoms with Gasteiger partial charge in [-0.15, -0.1) is 0 Å². The summed E-state index contributed by atoms with van der Waals surface area (Å²) in [6, 6.07) is 4.13. The number of nitrogens with zero attached hydrogens (tertiary/aromatic N) is 1. The Morgan fingerprint density at radius 2 is 2.22 bits per heavy atom. The minimum absolute atomic E-state index is 0.298. The molecule has 0 amide bonds. The van der Waals surface area contributed by atoms with Crippen LogP contribution in [-0.4, -0.2) is 23.8 Å². The molecule has 0 spiro atoms. The number of hydrogen-bond donors (Lipinski definition) is 2. The Kier molecular flexibility index (Phi) is 5.30. The Balaban J connectivity index is 2.93. The van der Waals surface area contributed by atoms with E-state index in [1.165, 1.54) is 12.1 Å². The van der Waals surface area contributed by atoms with Crippen LogP contribution in [0.1, 0.15) is 35.7 Å². The largest absolute Gasteiger partial charge is 0.478 e. The molecule has 5 heteroatoms. The van der Waals surface area contributed by atoms with Crippen molar-refractivity contribution in [1.82, 2.24) is 5.43 Å². The lowest BCUT2D eigenvalue weighted by Gasteiger charge is -2.07. The van der Waals surface area contributed by atoms with E-state index in [0.29, 0.717) is 6.42 Å². The first-order valence-corrected chi connectivity index (χ1v) is 5.82. The summed E-state index contributed by atoms with van der Waals surface area (Å²) in [7, 11) is 1.71. The van der Waals surface area contributed by atoms with Crippen molar-refractivity contribution in [3.63, 3.8) is 0 Å². The van der Waals surface area contributed by atoms with Crippen LogP contribution in [0.3, 0.4) is 0 Å². The normalized spacial score (nSPS) is 11.4. The standard InChI is InChI=1S/C13H17FN2O2/c1-3-4-10(16-15-2)7-9-5-6-12(14)11(8-9)13(17)18/h5-6,8,15H,3-4,7H2,1-2H3,(H,17,18)/b16-10+. The van der Waals surface area contributed by atoms with Crippen molar-refractivity contribution < 1.29 is 14.3 Å². The molecule has 0 heterocycles. The van der Waals surface area contributed by atoms with Crippen LogP contribution in [0.5, 0.6) is 0 Å². The molecule has 2 N–H and O–H groups in total. The van der Waals surface area contributed by atoms with Crippen molar-refractivity contribution >= 4 is 11.7 Å². The molecule has 0 fully saturated rings. The fourth-order valence-corrected chi connectivity index (χ4v) is 1.71. The van der Waals surface area contributed by atoms with Crippen molar-refractivity contribution in [3.8, 4) is 0 Å². The van der Waals surface area contributed by atoms with Gasteiger partial charge in [-0.25, -0.2) is 9.18 Å². The van der Waals surface area contributed by atoms with Crippen molar-refractivity contribution in [1.29, 1.82) is 0 Å². The molecule has 0 saturated carbocycles. The lowest BCUT2D eigenvalue weighted by atomic mass is 10.0. The van der Waals surface area contributed by atoms with Crippen LogP contribution in [0.15, 0.2) is 23.3 Å². The molecule has 0 saturated heterocycles. The van der Waals surface area contributed by atoms with Gasteiger partial charge in [0.1, 0.15) is 5.82 Å². The maximum atomic E-state index is 13.2. The number of hydrazone groups is 1. The van der Waals surface area contributed by atoms with E-state index in [1.54, 1.807) is 13.1 Å². The molecule has 0 aliphatic heterocycles. The van der Waals surface area contributed by atoms with Crippen LogP contribution in [0, 0.1) is 5.82 Å². The molecule has 1 aromatic rings. The third-order valence-electron chi connectivity index (χ3n) is 2.48. The summed E-state index contributed by atoms with van der Waals surface area (Å²) in [6.07, 6.45) is 2.29. The van der Waals surface area contributed by atoms with E-state index >= 15 is 0 Å². The van der Waals surface area contributed by atoms with Crippen molar-refractivity contribution in [2.75, 3.05) is 7.05 Å². The van der Waals surface area contributed by atoms with Gasteiger partial charge in [-0.05, 0) is 24.1 Å². The zero-order chi connectivity index (χ0) is 13.5. The van der Waals surface area contributed by atoms with Crippen molar-refractivity contribution in [2.24, 2.45) is 5.10 Å². The fourth-order valence-electron chi connectivity index (χ4n) is 1.71. The number of halogens is 1. The number of carboxylic acid groups (broad SMARTS) is 1. The molecule has 0 atom stereocenters. The van der Waals surface area contributed by atoms with Crippen molar-refractivity contribution in [3.05, 3.63) is 35.1 Å². The summed E-state index contributed by atoms with van der Waals surface area (Å²) < 4.78 is 13.2. The van der Waals surface area contributed by atoms with E-state index in [-0.39, 0.29) is 5.56 Å². The Morgan fingerprint density at radius 3 is 2.78 bits per heavy atom. The second-order valence-electron chi connectivity index (χ2n) is 3.95. The quantitative estimate of drug-likeness (QED) is 0.604. The first-order valence-electron chi connectivity index (χ1n) is 5.82. The van der Waals surface area contributed by atoms with E-state index in [9.17, 15) is 9.18 Å². The Hall–Kier alpha value is -1.91. The molecule has 1 aromatic carbocycles. The number of nitrogens with one attached hydrogen (secondary N) is 1. The predicted molar refractivity (Wildman–Crippen MR) is 68.5 cm³/mol. The van der Waals surface area contributed by atoms with Gasteiger partial charge in [-0.3, -0.25) is 0 Å². The lowest BCUT2D eigenvalue weighted by Crippen LogP contribution is -2.10. The average Bonchev–Trinajstić information content (AvgIpc) is 2.32. The minimum atomic E-state index is -1.25. The Bertz CT molecular complexity index is 458. The van der Waals surface area contributed by atoms with E-state index in [0.717, 1.165) is 24.1 Å². The van der Waals surface area contributed by atoms with Gasteiger partial charge in [0.25, 0.3) is 0 Å². The second kappa shape index (κ2) is 6.74. The summed E-state index contributed by atoms with van der Waals surface area (Å²) >= 11 is 0. The maximum Gasteiger partial charge on any atom is 0.338 e. The molecule has 18 heavy (non-hydrogen) atoms. The first kappa shape index (κ1) is 14.2. The number of hydrogen-bond acceptors (Lipinski definition) is 3. The zero-order valence-electron chi connectivity index (χ0n) is 10.5. The van der Waals surface area contributed by atoms with Crippen LogP contribution in [-0.2, 0) is 6.42 Å². The zero-order valence-corrected chi connectivity index (χ0v) is 10.5. The van der Waals surface area contributed by atoms with Crippen LogP contribution in [0.2, 0.25) is 0 Å². The van der Waals surface area contributed by atoms with Gasteiger partial charge in [-0.1, -0.05) is 19.4 Å². The molecule has 98 valence electrons. The highest BCUT2D eigenvalue weighted by molar-refractivity contribution is 5.90. The topological polar surface area (TPSA) is 61.7 Å². The summed E-state index contributed by atoms with van der Waals surface area (Å²) in [5, 5.41) is 13.0. The molecule has 0 radical (unpaired) electrons. The van der Waals surface area contributed by atoms with E-state index in [2.05, 4.69) is 10.5 Å². The average molecular weight is 252 g/mol. The van der Waals surface area contributed by atoms with Gasteiger partial charge in [0.2, 0.25) is 0 Å². The van der Waals surface area contributed by atoms with Gasteiger partial charge < -0.3 is 10.5 Å². The number of benzene rings is 1. The second-order valence-corrected chi connectivity index (χ2v) is 3.95. The minimum Gasteiger partial charge on any atom is -0.478 e. The molecule has 0 aromatic heterocycles. The van der Waals surface area contributed by atoms with Crippen LogP contribution >= 0.6 is 0 Å². The molecule has 4 nitrogen and oxygen atoms in total. The van der Waals surface area contributed by atoms with Crippen molar-refractivity contribution in [2.45, 2.75) is 26.2 Å². The summed E-state index contributed by atoms with van der Waals surface area (Å²) in [5.41, 5.74) is 4.09. The highest BCUT2D eigenvalue weighted by Gasteiger charge is 2.11. The Morgan fingerprint density at radius 1 is 1.50 bits per heavy atom. The van der Waals surface area contributed by atoms with Gasteiger partial charge in [-0.2, -0.15) is 5.10 Å². The van der Waals surface area contributed by atoms with Gasteiger partial charge >= 0.3 is 5.97 Å².